The summed E-state index contributed by atoms with van der Waals surface area (Å²) in [5.74, 6) is -0.816. The first-order chi connectivity index (χ1) is 18.3. The van der Waals surface area contributed by atoms with E-state index in [9.17, 15) is 17.6 Å². The molecule has 0 atom stereocenters. The van der Waals surface area contributed by atoms with Gasteiger partial charge in [-0.05, 0) is 91.0 Å². The van der Waals surface area contributed by atoms with E-state index in [1.54, 1.807) is 36.4 Å². The third-order valence-corrected chi connectivity index (χ3v) is 9.03. The monoisotopic (exact) mass is 534 g/mol. The summed E-state index contributed by atoms with van der Waals surface area (Å²) in [5.41, 5.74) is 4.17. The summed E-state index contributed by atoms with van der Waals surface area (Å²) in [6.45, 7) is 2.42. The average Bonchev–Trinajstić information content (AvgIpc) is 3.06. The molecule has 1 fully saturated rings. The second-order valence-electron chi connectivity index (χ2n) is 9.91. The number of anilines is 1. The molecule has 3 aromatic carbocycles. The van der Waals surface area contributed by atoms with Crippen molar-refractivity contribution in [3.63, 3.8) is 0 Å². The molecule has 1 N–H and O–H groups in total. The Balaban J connectivity index is 1.32. The Hall–Kier alpha value is -3.33. The second-order valence-corrected chi connectivity index (χ2v) is 12.0. The molecule has 0 spiro atoms. The number of carbonyl (C=O) groups excluding carboxylic acids is 1. The molecule has 0 saturated carbocycles. The number of hydrogen-bond acceptors (Lipinski definition) is 5. The standard InChI is InChI=1S/C30H31FN2O4S/c1-33(28-12-15-37-16-13-28)20-21-2-9-27(10-3-21)32-30(34)24-14-17-38(35,36)29-11-6-23(18-25(29)19-24)22-4-7-26(31)8-5-22/h2-11,18-19,28H,12-17,20H2,1H3,(H,32,34). The van der Waals surface area contributed by atoms with E-state index in [0.717, 1.165) is 49.3 Å². The molecule has 6 nitrogen and oxygen atoms in total. The normalized spacial score (nSPS) is 17.4. The molecule has 198 valence electrons. The van der Waals surface area contributed by atoms with Crippen LogP contribution in [0.5, 0.6) is 0 Å². The number of hydrogen-bond donors (Lipinski definition) is 1. The molecule has 3 aromatic rings. The molecule has 0 aromatic heterocycles. The van der Waals surface area contributed by atoms with Gasteiger partial charge in [0, 0.05) is 37.1 Å². The number of halogens is 1. The molecule has 0 unspecified atom stereocenters. The maximum atomic E-state index is 13.4. The summed E-state index contributed by atoms with van der Waals surface area (Å²) in [4.78, 5) is 15.7. The van der Waals surface area contributed by atoms with Crippen LogP contribution in [-0.4, -0.2) is 51.3 Å². The lowest BCUT2D eigenvalue weighted by atomic mass is 10.0. The summed E-state index contributed by atoms with van der Waals surface area (Å²) in [6.07, 6.45) is 3.83. The van der Waals surface area contributed by atoms with Gasteiger partial charge in [-0.2, -0.15) is 0 Å². The van der Waals surface area contributed by atoms with E-state index in [4.69, 9.17) is 4.74 Å². The number of nitrogens with one attached hydrogen (secondary N) is 1. The van der Waals surface area contributed by atoms with Gasteiger partial charge in [0.1, 0.15) is 5.82 Å². The second kappa shape index (κ2) is 11.2. The summed E-state index contributed by atoms with van der Waals surface area (Å²) < 4.78 is 44.7. The van der Waals surface area contributed by atoms with Crippen molar-refractivity contribution in [2.24, 2.45) is 0 Å². The van der Waals surface area contributed by atoms with Gasteiger partial charge in [0.2, 0.25) is 0 Å². The number of amides is 1. The molecule has 0 radical (unpaired) electrons. The number of rotatable bonds is 6. The fourth-order valence-corrected chi connectivity index (χ4v) is 6.47. The van der Waals surface area contributed by atoms with Gasteiger partial charge >= 0.3 is 0 Å². The SMILES string of the molecule is CN(Cc1ccc(NC(=O)C2=Cc3cc(-c4ccc(F)cc4)ccc3S(=O)(=O)CC2)cc1)C1CCOCC1. The molecular formula is C30H31FN2O4S. The Kier molecular flexibility index (Phi) is 7.74. The van der Waals surface area contributed by atoms with Crippen LogP contribution in [0.15, 0.2) is 77.2 Å². The molecular weight excluding hydrogens is 503 g/mol. The van der Waals surface area contributed by atoms with Gasteiger partial charge in [0.05, 0.1) is 10.6 Å². The van der Waals surface area contributed by atoms with E-state index in [1.165, 1.54) is 12.1 Å². The molecule has 0 aliphatic carbocycles. The van der Waals surface area contributed by atoms with Crippen molar-refractivity contribution in [3.8, 4) is 11.1 Å². The number of fused-ring (bicyclic) bond motifs is 1. The molecule has 2 heterocycles. The zero-order valence-electron chi connectivity index (χ0n) is 21.3. The zero-order chi connectivity index (χ0) is 26.7. The number of nitrogens with zero attached hydrogens (tertiary/aromatic N) is 1. The van der Waals surface area contributed by atoms with Crippen molar-refractivity contribution in [2.75, 3.05) is 31.3 Å². The van der Waals surface area contributed by atoms with Gasteiger partial charge < -0.3 is 10.1 Å². The molecule has 2 aliphatic heterocycles. The first-order valence-corrected chi connectivity index (χ1v) is 14.5. The van der Waals surface area contributed by atoms with Gasteiger partial charge in [-0.15, -0.1) is 0 Å². The van der Waals surface area contributed by atoms with E-state index in [1.807, 2.05) is 24.3 Å². The van der Waals surface area contributed by atoms with Crippen LogP contribution in [0.25, 0.3) is 17.2 Å². The van der Waals surface area contributed by atoms with Crippen molar-refractivity contribution in [1.29, 1.82) is 0 Å². The minimum Gasteiger partial charge on any atom is -0.381 e. The highest BCUT2D eigenvalue weighted by Crippen LogP contribution is 2.31. The largest absolute Gasteiger partial charge is 0.381 e. The third-order valence-electron chi connectivity index (χ3n) is 7.24. The average molecular weight is 535 g/mol. The highest BCUT2D eigenvalue weighted by molar-refractivity contribution is 7.91. The summed E-state index contributed by atoms with van der Waals surface area (Å²) >= 11 is 0. The summed E-state index contributed by atoms with van der Waals surface area (Å²) in [5, 5.41) is 2.92. The topological polar surface area (TPSA) is 75.7 Å². The smallest absolute Gasteiger partial charge is 0.251 e. The van der Waals surface area contributed by atoms with Crippen molar-refractivity contribution in [2.45, 2.75) is 36.7 Å². The molecule has 1 saturated heterocycles. The maximum Gasteiger partial charge on any atom is 0.251 e. The molecule has 2 aliphatic rings. The first-order valence-electron chi connectivity index (χ1n) is 12.8. The summed E-state index contributed by atoms with van der Waals surface area (Å²) in [7, 11) is -1.43. The fraction of sp³-hybridized carbons (Fsp3) is 0.300. The number of carbonyl (C=O) groups is 1. The lowest BCUT2D eigenvalue weighted by Crippen LogP contribution is -2.36. The minimum atomic E-state index is -3.55. The Labute approximate surface area is 223 Å². The van der Waals surface area contributed by atoms with E-state index < -0.39 is 9.84 Å². The predicted octanol–water partition coefficient (Wildman–Crippen LogP) is 5.30. The van der Waals surface area contributed by atoms with Crippen molar-refractivity contribution < 1.29 is 22.3 Å². The Morgan fingerprint density at radius 1 is 1.00 bits per heavy atom. The van der Waals surface area contributed by atoms with Crippen LogP contribution in [-0.2, 0) is 25.9 Å². The van der Waals surface area contributed by atoms with E-state index in [-0.39, 0.29) is 28.8 Å². The van der Waals surface area contributed by atoms with Crippen LogP contribution >= 0.6 is 0 Å². The summed E-state index contributed by atoms with van der Waals surface area (Å²) in [6, 6.07) is 19.3. The van der Waals surface area contributed by atoms with Gasteiger partial charge in [-0.1, -0.05) is 30.3 Å². The number of sulfone groups is 1. The molecule has 1 amide bonds. The maximum absolute atomic E-state index is 13.4. The molecule has 38 heavy (non-hydrogen) atoms. The van der Waals surface area contributed by atoms with Crippen LogP contribution < -0.4 is 5.32 Å². The number of benzene rings is 3. The Morgan fingerprint density at radius 3 is 2.39 bits per heavy atom. The highest BCUT2D eigenvalue weighted by atomic mass is 32.2. The Morgan fingerprint density at radius 2 is 1.68 bits per heavy atom. The Bertz CT molecular complexity index is 1440. The van der Waals surface area contributed by atoms with Crippen LogP contribution in [0, 0.1) is 5.82 Å². The fourth-order valence-electron chi connectivity index (χ4n) is 5.01. The van der Waals surface area contributed by atoms with Crippen LogP contribution in [0.3, 0.4) is 0 Å². The van der Waals surface area contributed by atoms with Crippen LogP contribution in [0.1, 0.15) is 30.4 Å². The van der Waals surface area contributed by atoms with E-state index >= 15 is 0 Å². The lowest BCUT2D eigenvalue weighted by molar-refractivity contribution is -0.112. The van der Waals surface area contributed by atoms with Gasteiger partial charge in [-0.3, -0.25) is 9.69 Å². The number of ether oxygens (including phenoxy) is 1. The minimum absolute atomic E-state index is 0.114. The van der Waals surface area contributed by atoms with Crippen LogP contribution in [0.2, 0.25) is 0 Å². The van der Waals surface area contributed by atoms with Gasteiger partial charge in [-0.25, -0.2) is 12.8 Å². The van der Waals surface area contributed by atoms with Gasteiger partial charge in [0.15, 0.2) is 9.84 Å². The lowest BCUT2D eigenvalue weighted by Gasteiger charge is -2.31. The first kappa shape index (κ1) is 26.3. The highest BCUT2D eigenvalue weighted by Gasteiger charge is 2.25. The molecule has 5 rings (SSSR count). The quantitative estimate of drug-likeness (QED) is 0.464. The van der Waals surface area contributed by atoms with Gasteiger partial charge in [0.25, 0.3) is 5.91 Å². The molecule has 0 bridgehead atoms. The van der Waals surface area contributed by atoms with E-state index in [2.05, 4.69) is 17.3 Å². The zero-order valence-corrected chi connectivity index (χ0v) is 22.1. The van der Waals surface area contributed by atoms with E-state index in [0.29, 0.717) is 22.9 Å². The van der Waals surface area contributed by atoms with Crippen molar-refractivity contribution in [1.82, 2.24) is 4.90 Å². The van der Waals surface area contributed by atoms with Crippen LogP contribution in [0.4, 0.5) is 10.1 Å². The third kappa shape index (κ3) is 6.04. The predicted molar refractivity (Wildman–Crippen MR) is 147 cm³/mol. The van der Waals surface area contributed by atoms with Crippen molar-refractivity contribution in [3.05, 3.63) is 89.2 Å². The van der Waals surface area contributed by atoms with Crippen molar-refractivity contribution >= 4 is 27.5 Å². The molecule has 8 heteroatoms.